The lowest BCUT2D eigenvalue weighted by Crippen LogP contribution is -2.39. The second kappa shape index (κ2) is 7.37. The number of aryl methyl sites for hydroxylation is 2. The van der Waals surface area contributed by atoms with E-state index in [2.05, 4.69) is 4.98 Å². The number of hydrogen-bond acceptors (Lipinski definition) is 4. The van der Waals surface area contributed by atoms with E-state index in [1.807, 2.05) is 17.7 Å². The fraction of sp³-hybridized carbons (Fsp3) is 0.316. The van der Waals surface area contributed by atoms with Gasteiger partial charge in [0.05, 0.1) is 23.2 Å². The van der Waals surface area contributed by atoms with E-state index in [1.54, 1.807) is 36.8 Å². The first-order chi connectivity index (χ1) is 13.8. The summed E-state index contributed by atoms with van der Waals surface area (Å²) in [5, 5.41) is 0.782. The molecule has 3 aromatic heterocycles. The van der Waals surface area contributed by atoms with Gasteiger partial charge < -0.3 is 9.30 Å². The van der Waals surface area contributed by atoms with E-state index in [-0.39, 0.29) is 6.54 Å². The first-order valence-electron chi connectivity index (χ1n) is 8.94. The number of methoxy groups -OCH3 is 1. The van der Waals surface area contributed by atoms with Crippen LogP contribution in [0.1, 0.15) is 11.3 Å². The van der Waals surface area contributed by atoms with Gasteiger partial charge in [0.2, 0.25) is 5.78 Å². The van der Waals surface area contributed by atoms with Crippen LogP contribution in [0.3, 0.4) is 0 Å². The number of aromatic nitrogens is 5. The second-order valence-corrected chi connectivity index (χ2v) is 7.66. The van der Waals surface area contributed by atoms with E-state index < -0.39 is 11.2 Å². The number of imidazole rings is 2. The van der Waals surface area contributed by atoms with Gasteiger partial charge in [-0.05, 0) is 24.6 Å². The van der Waals surface area contributed by atoms with Crippen LogP contribution >= 0.6 is 23.2 Å². The predicted octanol–water partition coefficient (Wildman–Crippen LogP) is 2.46. The maximum Gasteiger partial charge on any atom is 0.332 e. The SMILES string of the molecule is COCCn1c(C)cn2c3c(=O)n(Cc4ccc(Cl)c(Cl)c4)c(=O)n(C)c3nc12. The first kappa shape index (κ1) is 19.8. The second-order valence-electron chi connectivity index (χ2n) is 6.85. The molecular weight excluding hydrogens is 417 g/mol. The molecule has 1 aromatic carbocycles. The number of nitrogens with zero attached hydrogens (tertiary/aromatic N) is 5. The molecule has 0 saturated carbocycles. The zero-order valence-electron chi connectivity index (χ0n) is 16.1. The molecule has 0 aliphatic heterocycles. The zero-order valence-corrected chi connectivity index (χ0v) is 17.7. The van der Waals surface area contributed by atoms with Crippen molar-refractivity contribution >= 4 is 40.1 Å². The van der Waals surface area contributed by atoms with Gasteiger partial charge in [-0.2, -0.15) is 4.98 Å². The van der Waals surface area contributed by atoms with Crippen molar-refractivity contribution in [3.63, 3.8) is 0 Å². The molecule has 0 bridgehead atoms. The van der Waals surface area contributed by atoms with Crippen molar-refractivity contribution in [3.8, 4) is 0 Å². The van der Waals surface area contributed by atoms with E-state index in [1.165, 1.54) is 9.13 Å². The summed E-state index contributed by atoms with van der Waals surface area (Å²) in [6.45, 7) is 3.11. The quantitative estimate of drug-likeness (QED) is 0.482. The standard InChI is InChI=1S/C19H19Cl2N5O3/c1-11-9-25-15-16(22-18(25)24(11)6-7-29-3)23(2)19(28)26(17(15)27)10-12-4-5-13(20)14(21)8-12/h4-5,8-9H,6-7,10H2,1-3H3. The normalized spacial score (nSPS) is 11.8. The Kier molecular flexibility index (Phi) is 5.02. The summed E-state index contributed by atoms with van der Waals surface area (Å²) in [6.07, 6.45) is 1.84. The molecular formula is C19H19Cl2N5O3. The van der Waals surface area contributed by atoms with Gasteiger partial charge in [0, 0.05) is 32.6 Å². The van der Waals surface area contributed by atoms with E-state index in [9.17, 15) is 9.59 Å². The van der Waals surface area contributed by atoms with Crippen LogP contribution in [-0.2, 0) is 24.9 Å². The van der Waals surface area contributed by atoms with Gasteiger partial charge in [0.15, 0.2) is 11.2 Å². The van der Waals surface area contributed by atoms with E-state index in [4.69, 9.17) is 27.9 Å². The molecule has 0 aliphatic rings. The summed E-state index contributed by atoms with van der Waals surface area (Å²) in [6, 6.07) is 5.03. The van der Waals surface area contributed by atoms with Crippen LogP contribution in [0.4, 0.5) is 0 Å². The molecule has 0 spiro atoms. The summed E-state index contributed by atoms with van der Waals surface area (Å²) >= 11 is 12.0. The minimum Gasteiger partial charge on any atom is -0.383 e. The van der Waals surface area contributed by atoms with Crippen LogP contribution in [0.15, 0.2) is 34.0 Å². The molecule has 152 valence electrons. The van der Waals surface area contributed by atoms with Crippen LogP contribution in [0.5, 0.6) is 0 Å². The van der Waals surface area contributed by atoms with Crippen molar-refractivity contribution in [3.05, 3.63) is 66.5 Å². The first-order valence-corrected chi connectivity index (χ1v) is 9.69. The number of rotatable bonds is 5. The Hall–Kier alpha value is -2.55. The van der Waals surface area contributed by atoms with Gasteiger partial charge in [0.1, 0.15) is 0 Å². The molecule has 0 unspecified atom stereocenters. The topological polar surface area (TPSA) is 75.5 Å². The average molecular weight is 436 g/mol. The molecule has 0 amide bonds. The smallest absolute Gasteiger partial charge is 0.332 e. The Morgan fingerprint density at radius 3 is 2.59 bits per heavy atom. The third-order valence-electron chi connectivity index (χ3n) is 4.98. The minimum atomic E-state index is -0.450. The summed E-state index contributed by atoms with van der Waals surface area (Å²) in [5.74, 6) is 0.592. The van der Waals surface area contributed by atoms with Crippen LogP contribution in [-0.4, -0.2) is 36.8 Å². The van der Waals surface area contributed by atoms with Gasteiger partial charge in [-0.1, -0.05) is 29.3 Å². The Morgan fingerprint density at radius 2 is 1.90 bits per heavy atom. The highest BCUT2D eigenvalue weighted by Gasteiger charge is 2.20. The lowest BCUT2D eigenvalue weighted by atomic mass is 10.2. The van der Waals surface area contributed by atoms with Crippen LogP contribution in [0, 0.1) is 6.92 Å². The molecule has 29 heavy (non-hydrogen) atoms. The highest BCUT2D eigenvalue weighted by molar-refractivity contribution is 6.42. The fourth-order valence-electron chi connectivity index (χ4n) is 3.47. The number of fused-ring (bicyclic) bond motifs is 3. The molecule has 0 aliphatic carbocycles. The van der Waals surface area contributed by atoms with Crippen LogP contribution in [0.25, 0.3) is 16.9 Å². The summed E-state index contributed by atoms with van der Waals surface area (Å²) in [5.41, 5.74) is 1.47. The number of ether oxygens (including phenoxy) is 1. The summed E-state index contributed by atoms with van der Waals surface area (Å²) in [4.78, 5) is 30.7. The Labute approximate surface area is 175 Å². The maximum absolute atomic E-state index is 13.3. The van der Waals surface area contributed by atoms with Crippen molar-refractivity contribution in [1.29, 1.82) is 0 Å². The lowest BCUT2D eigenvalue weighted by molar-refractivity contribution is 0.187. The molecule has 0 N–H and O–H groups in total. The minimum absolute atomic E-state index is 0.0783. The van der Waals surface area contributed by atoms with Crippen molar-refractivity contribution in [1.82, 2.24) is 23.1 Å². The maximum atomic E-state index is 13.3. The summed E-state index contributed by atoms with van der Waals surface area (Å²) in [7, 11) is 3.23. The average Bonchev–Trinajstić information content (AvgIpc) is 3.19. The van der Waals surface area contributed by atoms with Gasteiger partial charge in [-0.25, -0.2) is 4.79 Å². The van der Waals surface area contributed by atoms with Gasteiger partial charge in [-0.3, -0.25) is 18.3 Å². The van der Waals surface area contributed by atoms with Gasteiger partial charge >= 0.3 is 5.69 Å². The highest BCUT2D eigenvalue weighted by Crippen LogP contribution is 2.23. The number of hydrogen-bond donors (Lipinski definition) is 0. The molecule has 3 heterocycles. The van der Waals surface area contributed by atoms with Gasteiger partial charge in [0.25, 0.3) is 5.56 Å². The van der Waals surface area contributed by atoms with E-state index in [0.717, 1.165) is 5.69 Å². The molecule has 4 aromatic rings. The third-order valence-corrected chi connectivity index (χ3v) is 5.72. The highest BCUT2D eigenvalue weighted by atomic mass is 35.5. The lowest BCUT2D eigenvalue weighted by Gasteiger charge is -2.09. The van der Waals surface area contributed by atoms with Crippen LogP contribution < -0.4 is 11.2 Å². The van der Waals surface area contributed by atoms with Gasteiger partial charge in [-0.15, -0.1) is 0 Å². The molecule has 0 radical (unpaired) electrons. The fourth-order valence-corrected chi connectivity index (χ4v) is 3.79. The summed E-state index contributed by atoms with van der Waals surface area (Å²) < 4.78 is 11.4. The molecule has 10 heteroatoms. The van der Waals surface area contributed by atoms with Crippen molar-refractivity contribution in [2.75, 3.05) is 13.7 Å². The van der Waals surface area contributed by atoms with E-state index >= 15 is 0 Å². The molecule has 0 saturated heterocycles. The Balaban J connectivity index is 1.94. The molecule has 4 rings (SSSR count). The Morgan fingerprint density at radius 1 is 1.14 bits per heavy atom. The monoisotopic (exact) mass is 435 g/mol. The predicted molar refractivity (Wildman–Crippen MR) is 112 cm³/mol. The zero-order chi connectivity index (χ0) is 20.9. The Bertz CT molecular complexity index is 1360. The number of benzene rings is 1. The molecule has 8 nitrogen and oxygen atoms in total. The van der Waals surface area contributed by atoms with E-state index in [0.29, 0.717) is 45.7 Å². The third kappa shape index (κ3) is 3.17. The van der Waals surface area contributed by atoms with Crippen molar-refractivity contribution < 1.29 is 4.74 Å². The largest absolute Gasteiger partial charge is 0.383 e. The van der Waals surface area contributed by atoms with Crippen molar-refractivity contribution in [2.24, 2.45) is 7.05 Å². The van der Waals surface area contributed by atoms with Crippen molar-refractivity contribution in [2.45, 2.75) is 20.0 Å². The molecule has 0 atom stereocenters. The number of halogens is 2. The molecule has 0 fully saturated rings. The van der Waals surface area contributed by atoms with Crippen LogP contribution in [0.2, 0.25) is 10.0 Å².